The van der Waals surface area contributed by atoms with Gasteiger partial charge >= 0.3 is 6.03 Å². The van der Waals surface area contributed by atoms with Gasteiger partial charge in [0, 0.05) is 12.2 Å². The van der Waals surface area contributed by atoms with E-state index in [0.717, 1.165) is 52.3 Å². The van der Waals surface area contributed by atoms with Crippen LogP contribution in [0.15, 0.2) is 42.5 Å². The first-order valence-electron chi connectivity index (χ1n) is 10.2. The number of hydrogen-bond acceptors (Lipinski definition) is 4. The third-order valence-corrected chi connectivity index (χ3v) is 6.42. The average Bonchev–Trinajstić information content (AvgIpc) is 3.26. The van der Waals surface area contributed by atoms with Crippen LogP contribution in [0, 0.1) is 0 Å². The summed E-state index contributed by atoms with van der Waals surface area (Å²) in [7, 11) is 1.61. The van der Waals surface area contributed by atoms with Crippen LogP contribution in [0.4, 0.5) is 10.5 Å². The van der Waals surface area contributed by atoms with Gasteiger partial charge in [-0.05, 0) is 60.6 Å². The van der Waals surface area contributed by atoms with Gasteiger partial charge < -0.3 is 15.0 Å². The molecule has 0 bridgehead atoms. The molecule has 1 fully saturated rings. The highest BCUT2D eigenvalue weighted by Gasteiger charge is 2.55. The van der Waals surface area contributed by atoms with E-state index in [-0.39, 0.29) is 18.4 Å². The van der Waals surface area contributed by atoms with Gasteiger partial charge in [0.15, 0.2) is 0 Å². The van der Waals surface area contributed by atoms with Crippen molar-refractivity contribution in [2.75, 3.05) is 25.1 Å². The van der Waals surface area contributed by atoms with E-state index >= 15 is 0 Å². The Kier molecular flexibility index (Phi) is 4.27. The fourth-order valence-corrected chi connectivity index (χ4v) is 4.91. The third kappa shape index (κ3) is 2.69. The zero-order valence-corrected chi connectivity index (χ0v) is 16.8. The molecule has 0 unspecified atom stereocenters. The molecule has 2 aliphatic heterocycles. The minimum absolute atomic E-state index is 0.257. The maximum absolute atomic E-state index is 13.3. The third-order valence-electron chi connectivity index (χ3n) is 6.42. The van der Waals surface area contributed by atoms with Crippen molar-refractivity contribution in [2.45, 2.75) is 31.2 Å². The maximum atomic E-state index is 13.3. The van der Waals surface area contributed by atoms with Crippen LogP contribution in [0.2, 0.25) is 0 Å². The van der Waals surface area contributed by atoms with Crippen LogP contribution in [-0.4, -0.2) is 42.9 Å². The van der Waals surface area contributed by atoms with Gasteiger partial charge in [-0.3, -0.25) is 14.5 Å². The fourth-order valence-electron chi connectivity index (χ4n) is 4.91. The first-order valence-corrected chi connectivity index (χ1v) is 10.2. The number of anilines is 1. The summed E-state index contributed by atoms with van der Waals surface area (Å²) < 4.78 is 5.28. The van der Waals surface area contributed by atoms with E-state index in [1.165, 1.54) is 0 Å². The number of imide groups is 1. The van der Waals surface area contributed by atoms with Crippen LogP contribution in [-0.2, 0) is 28.0 Å². The first kappa shape index (κ1) is 18.7. The fraction of sp³-hybridized carbons (Fsp3) is 0.348. The highest BCUT2D eigenvalue weighted by molar-refractivity contribution is 6.11. The van der Waals surface area contributed by atoms with E-state index in [0.29, 0.717) is 13.0 Å². The number of amides is 4. The van der Waals surface area contributed by atoms with Crippen molar-refractivity contribution in [3.05, 3.63) is 59.2 Å². The summed E-state index contributed by atoms with van der Waals surface area (Å²) in [4.78, 5) is 41.9. The minimum atomic E-state index is -1.04. The normalized spacial score (nSPS) is 22.2. The molecule has 30 heavy (non-hydrogen) atoms. The van der Waals surface area contributed by atoms with Crippen LogP contribution < -0.4 is 15.0 Å². The van der Waals surface area contributed by atoms with Crippen LogP contribution in [0.25, 0.3) is 0 Å². The lowest BCUT2D eigenvalue weighted by Gasteiger charge is -2.31. The molecule has 1 atom stereocenters. The van der Waals surface area contributed by atoms with Crippen molar-refractivity contribution in [2.24, 2.45) is 0 Å². The van der Waals surface area contributed by atoms with E-state index < -0.39 is 11.6 Å². The standard InChI is InChI=1S/C23H23N3O4/c1-30-17-8-9-19-16(13-17)6-4-12-25(19)20(27)14-26-21(28)23(24-22(26)29)11-10-15-5-2-3-7-18(15)23/h2-3,5,7-9,13H,4,6,10-12,14H2,1H3,(H,24,29)/t23-/m0/s1. The summed E-state index contributed by atoms with van der Waals surface area (Å²) in [6, 6.07) is 12.8. The Morgan fingerprint density at radius 2 is 1.97 bits per heavy atom. The molecule has 1 aliphatic carbocycles. The molecule has 1 spiro atoms. The predicted octanol–water partition coefficient (Wildman–Crippen LogP) is 2.37. The number of urea groups is 1. The molecule has 2 aromatic carbocycles. The lowest BCUT2D eigenvalue weighted by atomic mass is 9.92. The van der Waals surface area contributed by atoms with Gasteiger partial charge in [0.25, 0.3) is 5.91 Å². The number of methoxy groups -OCH3 is 1. The van der Waals surface area contributed by atoms with Crippen LogP contribution in [0.1, 0.15) is 29.5 Å². The van der Waals surface area contributed by atoms with Gasteiger partial charge in [-0.2, -0.15) is 0 Å². The van der Waals surface area contributed by atoms with E-state index in [1.54, 1.807) is 12.0 Å². The van der Waals surface area contributed by atoms with E-state index in [1.807, 2.05) is 42.5 Å². The van der Waals surface area contributed by atoms with Gasteiger partial charge in [0.1, 0.15) is 17.8 Å². The smallest absolute Gasteiger partial charge is 0.325 e. The van der Waals surface area contributed by atoms with Crippen molar-refractivity contribution in [3.8, 4) is 5.75 Å². The maximum Gasteiger partial charge on any atom is 0.325 e. The second-order valence-electron chi connectivity index (χ2n) is 8.03. The Morgan fingerprint density at radius 1 is 1.13 bits per heavy atom. The van der Waals surface area contributed by atoms with Crippen molar-refractivity contribution in [1.29, 1.82) is 0 Å². The molecule has 2 aromatic rings. The number of fused-ring (bicyclic) bond motifs is 3. The molecule has 7 nitrogen and oxygen atoms in total. The topological polar surface area (TPSA) is 79.0 Å². The molecular formula is C23H23N3O4. The molecule has 7 heteroatoms. The number of nitrogens with one attached hydrogen (secondary N) is 1. The van der Waals surface area contributed by atoms with Gasteiger partial charge in [0.05, 0.1) is 7.11 Å². The molecular weight excluding hydrogens is 382 g/mol. The number of ether oxygens (including phenoxy) is 1. The summed E-state index contributed by atoms with van der Waals surface area (Å²) in [6.07, 6.45) is 2.93. The molecule has 2 heterocycles. The zero-order chi connectivity index (χ0) is 20.9. The molecule has 1 N–H and O–H groups in total. The van der Waals surface area contributed by atoms with Crippen LogP contribution in [0.5, 0.6) is 5.75 Å². The SMILES string of the molecule is COc1ccc2c(c1)CCCN2C(=O)CN1C(=O)N[C@]2(CCc3ccccc32)C1=O. The van der Waals surface area contributed by atoms with Crippen molar-refractivity contribution in [1.82, 2.24) is 10.2 Å². The number of hydrogen-bond donors (Lipinski definition) is 1. The second-order valence-corrected chi connectivity index (χ2v) is 8.03. The Labute approximate surface area is 174 Å². The largest absolute Gasteiger partial charge is 0.497 e. The number of aryl methyl sites for hydroxylation is 2. The number of benzene rings is 2. The Morgan fingerprint density at radius 3 is 2.80 bits per heavy atom. The Balaban J connectivity index is 1.39. The lowest BCUT2D eigenvalue weighted by molar-refractivity contribution is -0.134. The van der Waals surface area contributed by atoms with Crippen LogP contribution in [0.3, 0.4) is 0 Å². The summed E-state index contributed by atoms with van der Waals surface area (Å²) in [5.41, 5.74) is 2.72. The van der Waals surface area contributed by atoms with Gasteiger partial charge in [0.2, 0.25) is 5.91 Å². The minimum Gasteiger partial charge on any atom is -0.497 e. The number of carbonyl (C=O) groups is 3. The highest BCUT2D eigenvalue weighted by Crippen LogP contribution is 2.41. The molecule has 5 rings (SSSR count). The Bertz CT molecular complexity index is 1070. The molecule has 154 valence electrons. The summed E-state index contributed by atoms with van der Waals surface area (Å²) in [5, 5.41) is 2.88. The quantitative estimate of drug-likeness (QED) is 0.796. The molecule has 0 saturated carbocycles. The zero-order valence-electron chi connectivity index (χ0n) is 16.8. The summed E-state index contributed by atoms with van der Waals surface area (Å²) >= 11 is 0. The lowest BCUT2D eigenvalue weighted by Crippen LogP contribution is -2.46. The van der Waals surface area contributed by atoms with Crippen molar-refractivity contribution < 1.29 is 19.1 Å². The number of carbonyl (C=O) groups excluding carboxylic acids is 3. The van der Waals surface area contributed by atoms with E-state index in [9.17, 15) is 14.4 Å². The average molecular weight is 405 g/mol. The monoisotopic (exact) mass is 405 g/mol. The predicted molar refractivity (Wildman–Crippen MR) is 110 cm³/mol. The summed E-state index contributed by atoms with van der Waals surface area (Å²) in [5.74, 6) is 0.157. The van der Waals surface area contributed by atoms with Crippen molar-refractivity contribution in [3.63, 3.8) is 0 Å². The molecule has 1 saturated heterocycles. The van der Waals surface area contributed by atoms with Gasteiger partial charge in [-0.15, -0.1) is 0 Å². The Hall–Kier alpha value is -3.35. The number of rotatable bonds is 3. The molecule has 4 amide bonds. The van der Waals surface area contributed by atoms with Crippen molar-refractivity contribution >= 4 is 23.5 Å². The molecule has 0 radical (unpaired) electrons. The second kappa shape index (κ2) is 6.86. The summed E-state index contributed by atoms with van der Waals surface area (Å²) in [6.45, 7) is 0.301. The van der Waals surface area contributed by atoms with Crippen LogP contribution >= 0.6 is 0 Å². The first-order chi connectivity index (χ1) is 14.5. The van der Waals surface area contributed by atoms with E-state index in [2.05, 4.69) is 5.32 Å². The van der Waals surface area contributed by atoms with Gasteiger partial charge in [-0.25, -0.2) is 4.79 Å². The van der Waals surface area contributed by atoms with Gasteiger partial charge in [-0.1, -0.05) is 24.3 Å². The molecule has 3 aliphatic rings. The van der Waals surface area contributed by atoms with E-state index in [4.69, 9.17) is 4.74 Å². The number of nitrogens with zero attached hydrogens (tertiary/aromatic N) is 2. The molecule has 0 aromatic heterocycles. The highest BCUT2D eigenvalue weighted by atomic mass is 16.5.